The minimum absolute atomic E-state index is 0.0463. The van der Waals surface area contributed by atoms with Crippen molar-refractivity contribution in [2.24, 2.45) is 0 Å². The molecule has 1 aliphatic rings. The predicted molar refractivity (Wildman–Crippen MR) is 128 cm³/mol. The number of ether oxygens (including phenoxy) is 2. The molecule has 0 radical (unpaired) electrons. The minimum atomic E-state index is -0.116. The molecule has 0 aliphatic carbocycles. The van der Waals surface area contributed by atoms with E-state index < -0.39 is 0 Å². The highest BCUT2D eigenvalue weighted by Crippen LogP contribution is 2.37. The van der Waals surface area contributed by atoms with Gasteiger partial charge in [-0.05, 0) is 24.1 Å². The Morgan fingerprint density at radius 2 is 2.06 bits per heavy atom. The highest BCUT2D eigenvalue weighted by molar-refractivity contribution is 8.01. The molecule has 9 nitrogen and oxygen atoms in total. The second kappa shape index (κ2) is 10.4. The highest BCUT2D eigenvalue weighted by Gasteiger charge is 2.27. The molecule has 0 saturated carbocycles. The van der Waals surface area contributed by atoms with Crippen LogP contribution >= 0.6 is 23.5 Å². The molecule has 0 amide bonds. The topological polar surface area (TPSA) is 107 Å². The van der Waals surface area contributed by atoms with Crippen molar-refractivity contribution < 1.29 is 14.6 Å². The maximum atomic E-state index is 10.7. The van der Waals surface area contributed by atoms with E-state index in [2.05, 4.69) is 38.7 Å². The van der Waals surface area contributed by atoms with Gasteiger partial charge in [-0.25, -0.2) is 9.97 Å². The number of methoxy groups -OCH3 is 1. The first-order valence-corrected chi connectivity index (χ1v) is 11.7. The average molecular weight is 489 g/mol. The Balaban J connectivity index is 1.64. The summed E-state index contributed by atoms with van der Waals surface area (Å²) < 4.78 is 16.2. The van der Waals surface area contributed by atoms with Crippen molar-refractivity contribution in [2.75, 3.05) is 25.0 Å². The fourth-order valence-electron chi connectivity index (χ4n) is 3.44. The van der Waals surface area contributed by atoms with Gasteiger partial charge in [-0.1, -0.05) is 43.7 Å². The third-order valence-corrected chi connectivity index (χ3v) is 6.68. The van der Waals surface area contributed by atoms with Crippen LogP contribution in [0, 0.1) is 0 Å². The zero-order valence-corrected chi connectivity index (χ0v) is 20.0. The van der Waals surface area contributed by atoms with Crippen LogP contribution in [0.2, 0.25) is 5.02 Å². The second-order valence-corrected chi connectivity index (χ2v) is 9.21. The Morgan fingerprint density at radius 1 is 1.27 bits per heavy atom. The van der Waals surface area contributed by atoms with E-state index in [1.165, 1.54) is 11.9 Å². The first-order chi connectivity index (χ1) is 16.0. The molecule has 2 aromatic heterocycles. The first-order valence-electron chi connectivity index (χ1n) is 10.4. The van der Waals surface area contributed by atoms with Crippen LogP contribution in [-0.4, -0.2) is 55.4 Å². The van der Waals surface area contributed by atoms with E-state index in [-0.39, 0.29) is 22.8 Å². The lowest BCUT2D eigenvalue weighted by molar-refractivity contribution is 0.143. The molecule has 3 atom stereocenters. The molecular formula is C22H25ClN6O3S. The number of benzene rings is 1. The Kier molecular flexibility index (Phi) is 7.36. The number of para-hydroxylation sites is 1. The van der Waals surface area contributed by atoms with Gasteiger partial charge in [0.05, 0.1) is 31.3 Å². The zero-order chi connectivity index (χ0) is 23.4. The summed E-state index contributed by atoms with van der Waals surface area (Å²) in [6.07, 6.45) is 7.18. The summed E-state index contributed by atoms with van der Waals surface area (Å²) in [5.74, 6) is 2.29. The average Bonchev–Trinajstić information content (AvgIpc) is 3.26. The Bertz CT molecular complexity index is 1120. The molecule has 3 unspecified atom stereocenters. The van der Waals surface area contributed by atoms with Crippen molar-refractivity contribution in [3.8, 4) is 17.2 Å². The molecule has 0 saturated heterocycles. The van der Waals surface area contributed by atoms with Gasteiger partial charge in [0, 0.05) is 23.6 Å². The van der Waals surface area contributed by atoms with E-state index in [9.17, 15) is 5.11 Å². The monoisotopic (exact) mass is 488 g/mol. The molecule has 1 aromatic carbocycles. The Morgan fingerprint density at radius 3 is 2.76 bits per heavy atom. The van der Waals surface area contributed by atoms with Gasteiger partial charge in [-0.15, -0.1) is 10.2 Å². The molecule has 4 rings (SSSR count). The third-order valence-electron chi connectivity index (χ3n) is 5.41. The van der Waals surface area contributed by atoms with Crippen LogP contribution in [0.25, 0.3) is 5.69 Å². The predicted octanol–water partition coefficient (Wildman–Crippen LogP) is 4.35. The number of anilines is 1. The molecule has 0 spiro atoms. The summed E-state index contributed by atoms with van der Waals surface area (Å²) in [7, 11) is 1.56. The van der Waals surface area contributed by atoms with Crippen molar-refractivity contribution in [1.29, 1.82) is 0 Å². The maximum Gasteiger partial charge on any atom is 0.239 e. The fraction of sp³-hybridized carbons (Fsp3) is 0.364. The van der Waals surface area contributed by atoms with E-state index in [0.717, 1.165) is 0 Å². The van der Waals surface area contributed by atoms with Gasteiger partial charge in [0.25, 0.3) is 0 Å². The van der Waals surface area contributed by atoms with Gasteiger partial charge in [0.2, 0.25) is 5.95 Å². The fourth-order valence-corrected chi connectivity index (χ4v) is 4.28. The number of hydrogen-bond acceptors (Lipinski definition) is 9. The van der Waals surface area contributed by atoms with E-state index in [0.29, 0.717) is 47.3 Å². The van der Waals surface area contributed by atoms with E-state index in [1.807, 2.05) is 12.2 Å². The lowest BCUT2D eigenvalue weighted by Gasteiger charge is -2.21. The lowest BCUT2D eigenvalue weighted by Crippen LogP contribution is -2.17. The quantitative estimate of drug-likeness (QED) is 0.353. The van der Waals surface area contributed by atoms with E-state index in [1.54, 1.807) is 42.3 Å². The summed E-state index contributed by atoms with van der Waals surface area (Å²) in [6, 6.07) is 5.11. The Labute approximate surface area is 201 Å². The third kappa shape index (κ3) is 5.07. The Hall–Kier alpha value is -2.82. The summed E-state index contributed by atoms with van der Waals surface area (Å²) in [5.41, 5.74) is 0.462. The van der Waals surface area contributed by atoms with Crippen molar-refractivity contribution in [2.45, 2.75) is 30.9 Å². The van der Waals surface area contributed by atoms with Crippen LogP contribution in [0.1, 0.15) is 37.3 Å². The smallest absolute Gasteiger partial charge is 0.239 e. The van der Waals surface area contributed by atoms with E-state index in [4.69, 9.17) is 21.1 Å². The van der Waals surface area contributed by atoms with Crippen LogP contribution in [0.3, 0.4) is 0 Å². The van der Waals surface area contributed by atoms with Gasteiger partial charge >= 0.3 is 0 Å². The molecule has 1 aliphatic heterocycles. The van der Waals surface area contributed by atoms with Crippen LogP contribution in [0.5, 0.6) is 11.5 Å². The van der Waals surface area contributed by atoms with Crippen LogP contribution < -0.4 is 9.46 Å². The molecular weight excluding hydrogens is 464 g/mol. The van der Waals surface area contributed by atoms with Crippen molar-refractivity contribution in [3.05, 3.63) is 59.4 Å². The van der Waals surface area contributed by atoms with Gasteiger partial charge in [0.1, 0.15) is 28.8 Å². The minimum Gasteiger partial charge on any atom is -0.506 e. The van der Waals surface area contributed by atoms with Crippen molar-refractivity contribution in [1.82, 2.24) is 24.7 Å². The molecule has 0 bridgehead atoms. The van der Waals surface area contributed by atoms with Crippen LogP contribution in [0.15, 0.2) is 42.7 Å². The number of phenolic OH excluding ortho intramolecular Hbond substituents is 1. The number of nitrogens with one attached hydrogen (secondary N) is 1. The number of nitrogens with zero attached hydrogens (tertiary/aromatic N) is 5. The standard InChI is InChI=1S/C22H25ClN6O3S/c1-13(20-24-10-16(23)11-25-20)14(2)33-28-22-27-26-21(15-6-5-9-32-12-15)29(22)19-17(30)7-4-8-18(19)31-3/h4-8,10-11,13-15,30H,9,12H2,1-3H3,(H,27,28). The molecule has 0 fully saturated rings. The summed E-state index contributed by atoms with van der Waals surface area (Å²) >= 11 is 7.38. The number of halogens is 1. The maximum absolute atomic E-state index is 10.7. The number of hydrogen-bond donors (Lipinski definition) is 2. The molecule has 11 heteroatoms. The normalized spacial score (nSPS) is 17.5. The van der Waals surface area contributed by atoms with Crippen LogP contribution in [-0.2, 0) is 4.74 Å². The van der Waals surface area contributed by atoms with Gasteiger partial charge < -0.3 is 14.6 Å². The SMILES string of the molecule is COc1cccc(O)c1-n1c(NSC(C)C(C)c2ncc(Cl)cn2)nnc1C1C=CCOC1. The van der Waals surface area contributed by atoms with E-state index >= 15 is 0 Å². The summed E-state index contributed by atoms with van der Waals surface area (Å²) in [6.45, 7) is 5.15. The number of phenols is 1. The summed E-state index contributed by atoms with van der Waals surface area (Å²) in [4.78, 5) is 8.66. The van der Waals surface area contributed by atoms with Crippen molar-refractivity contribution in [3.63, 3.8) is 0 Å². The largest absolute Gasteiger partial charge is 0.506 e. The van der Waals surface area contributed by atoms with Crippen LogP contribution in [0.4, 0.5) is 5.95 Å². The molecule has 33 heavy (non-hydrogen) atoms. The molecule has 2 N–H and O–H groups in total. The van der Waals surface area contributed by atoms with Gasteiger partial charge in [0.15, 0.2) is 0 Å². The number of aromatic hydroxyl groups is 1. The van der Waals surface area contributed by atoms with Crippen molar-refractivity contribution >= 4 is 29.5 Å². The number of aromatic nitrogens is 5. The lowest BCUT2D eigenvalue weighted by atomic mass is 10.1. The highest BCUT2D eigenvalue weighted by atomic mass is 35.5. The zero-order valence-electron chi connectivity index (χ0n) is 18.5. The van der Waals surface area contributed by atoms with Gasteiger partial charge in [-0.3, -0.25) is 9.29 Å². The van der Waals surface area contributed by atoms with Gasteiger partial charge in [-0.2, -0.15) is 0 Å². The molecule has 3 heterocycles. The first kappa shape index (κ1) is 23.3. The number of rotatable bonds is 8. The molecule has 3 aromatic rings. The second-order valence-electron chi connectivity index (χ2n) is 7.59. The summed E-state index contributed by atoms with van der Waals surface area (Å²) in [5, 5.41) is 20.1. The molecule has 174 valence electrons.